The van der Waals surface area contributed by atoms with E-state index in [1.807, 2.05) is 12.1 Å². The molecule has 1 aromatic heterocycles. The van der Waals surface area contributed by atoms with Crippen LogP contribution in [0.3, 0.4) is 0 Å². The first-order chi connectivity index (χ1) is 21.9. The molecule has 9 atom stereocenters. The van der Waals surface area contributed by atoms with Gasteiger partial charge in [0.25, 0.3) is 5.56 Å². The zero-order valence-electron chi connectivity index (χ0n) is 23.4. The first kappa shape index (κ1) is 36.2. The molecule has 5 rings (SSSR count). The molecule has 24 heteroatoms. The monoisotopic (exact) mass is 760 g/mol. The second kappa shape index (κ2) is 14.0. The van der Waals surface area contributed by atoms with E-state index in [9.17, 15) is 47.4 Å². The highest BCUT2D eigenvalue weighted by Crippen LogP contribution is 2.71. The molecule has 2 aliphatic heterocycles. The van der Waals surface area contributed by atoms with Gasteiger partial charge in [0, 0.05) is 23.7 Å². The van der Waals surface area contributed by atoms with Crippen molar-refractivity contribution in [1.29, 1.82) is 0 Å². The zero-order valence-corrected chi connectivity index (χ0v) is 27.7. The van der Waals surface area contributed by atoms with Crippen molar-refractivity contribution in [2.24, 2.45) is 0 Å². The van der Waals surface area contributed by atoms with Crippen LogP contribution in [0.1, 0.15) is 11.8 Å². The predicted octanol–water partition coefficient (Wildman–Crippen LogP) is 2.32. The molecule has 0 radical (unpaired) electrons. The summed E-state index contributed by atoms with van der Waals surface area (Å²) in [6, 6.07) is 14.3. The number of nitrogens with one attached hydrogen (secondary N) is 1. The van der Waals surface area contributed by atoms with Crippen molar-refractivity contribution in [3.05, 3.63) is 98.3 Å². The summed E-state index contributed by atoms with van der Waals surface area (Å²) < 4.78 is 85.2. The molecule has 2 aromatic carbocycles. The van der Waals surface area contributed by atoms with E-state index in [0.29, 0.717) is 0 Å². The van der Waals surface area contributed by atoms with Gasteiger partial charge in [0.2, 0.25) is 0 Å². The molecule has 256 valence electrons. The number of phosphoric ester groups is 1. The molecular weight excluding hydrogens is 736 g/mol. The Morgan fingerprint density at radius 2 is 1.40 bits per heavy atom. The van der Waals surface area contributed by atoms with Crippen LogP contribution in [-0.2, 0) is 56.3 Å². The summed E-state index contributed by atoms with van der Waals surface area (Å²) in [5.74, 6) is 0. The van der Waals surface area contributed by atoms with E-state index in [-0.39, 0.29) is 11.4 Å². The second-order valence-electron chi connectivity index (χ2n) is 9.85. The first-order valence-corrected chi connectivity index (χ1v) is 19.5. The summed E-state index contributed by atoms with van der Waals surface area (Å²) >= 11 is 5.68. The van der Waals surface area contributed by atoms with Crippen molar-refractivity contribution < 1.29 is 69.5 Å². The zero-order chi connectivity index (χ0) is 34.2. The van der Waals surface area contributed by atoms with E-state index in [0.717, 1.165) is 46.7 Å². The molecule has 0 spiro atoms. The number of nitrogens with zero attached hydrogens (tertiary/aromatic N) is 1. The van der Waals surface area contributed by atoms with Gasteiger partial charge in [-0.2, -0.15) is 8.62 Å². The number of benzene rings is 2. The van der Waals surface area contributed by atoms with Gasteiger partial charge in [-0.25, -0.2) is 22.8 Å². The maximum atomic E-state index is 12.6. The fourth-order valence-electron chi connectivity index (χ4n) is 4.59. The fourth-order valence-corrected chi connectivity index (χ4v) is 10.1. The van der Waals surface area contributed by atoms with Crippen LogP contribution in [0.2, 0.25) is 5.02 Å². The van der Waals surface area contributed by atoms with Gasteiger partial charge >= 0.3 is 36.8 Å². The number of hydrogen-bond acceptors (Lipinski definition) is 13. The third-order valence-corrected chi connectivity index (χ3v) is 13.1. The van der Waals surface area contributed by atoms with Crippen molar-refractivity contribution >= 4 is 48.0 Å². The van der Waals surface area contributed by atoms with Gasteiger partial charge in [0.15, 0.2) is 12.5 Å². The number of fused-ring (bicyclic) bond motifs is 1. The summed E-state index contributed by atoms with van der Waals surface area (Å²) in [5.41, 5.74) is -0.733. The lowest BCUT2D eigenvalue weighted by molar-refractivity contribution is -0.150. The third-order valence-electron chi connectivity index (χ3n) is 6.46. The van der Waals surface area contributed by atoms with Gasteiger partial charge in [-0.3, -0.25) is 23.4 Å². The summed E-state index contributed by atoms with van der Waals surface area (Å²) in [6.07, 6.45) is -4.09. The molecule has 0 amide bonds. The molecular formula is C23H25ClN2O17P4. The molecule has 3 heterocycles. The van der Waals surface area contributed by atoms with Gasteiger partial charge in [0.1, 0.15) is 18.3 Å². The number of hydrogen-bond donors (Lipinski definition) is 5. The number of rotatable bonds is 13. The molecule has 0 saturated carbocycles. The summed E-state index contributed by atoms with van der Waals surface area (Å²) in [4.78, 5) is 66.0. The Hall–Kier alpha value is -2.11. The lowest BCUT2D eigenvalue weighted by Crippen LogP contribution is -2.36. The summed E-state index contributed by atoms with van der Waals surface area (Å²) in [6.45, 7) is -0.902. The van der Waals surface area contributed by atoms with Gasteiger partial charge < -0.3 is 33.8 Å². The van der Waals surface area contributed by atoms with Crippen LogP contribution >= 0.6 is 42.7 Å². The number of aromatic nitrogens is 2. The number of H-pyrrole nitrogens is 1. The number of aromatic amines is 1. The Kier molecular flexibility index (Phi) is 10.8. The molecule has 19 nitrogen and oxygen atoms in total. The standard InChI is InChI=1S/C23H25ClN2O17P4/c24-15-6-8-16(9-7-15)44(29,30)41-46(33,34)43-47(35,36)42-45(31,32)37-13-17-20-21(22(38-17)26-11-10-18(27)25-23(26)28)40-19(39-20)12-14-4-2-1-3-5-14/h1-11,17,19-22H,12-13H2,(H,29,30)(H,31,32)(H,33,34)(H,35,36)(H,25,27,28)/t17-,19?,20?,21+,22-/m1/s1. The molecule has 0 aliphatic carbocycles. The first-order valence-electron chi connectivity index (χ1n) is 13.1. The van der Waals surface area contributed by atoms with Crippen LogP contribution < -0.4 is 16.6 Å². The van der Waals surface area contributed by atoms with Crippen molar-refractivity contribution in [3.63, 3.8) is 0 Å². The van der Waals surface area contributed by atoms with E-state index >= 15 is 0 Å². The van der Waals surface area contributed by atoms with Gasteiger partial charge in [0.05, 0.1) is 11.9 Å². The van der Waals surface area contributed by atoms with Gasteiger partial charge in [-0.15, -0.1) is 0 Å². The SMILES string of the molecule is O=c1ccn([C@@H]2O[C@H](COP(=O)(O)OP(=O)(O)OP(=O)(O)OP(=O)(O)c3ccc(Cl)cc3)C3OC(Cc4ccccc4)O[C@@H]32)c(=O)[nH]1. The Morgan fingerprint density at radius 1 is 0.787 bits per heavy atom. The number of ether oxygens (including phenoxy) is 3. The van der Waals surface area contributed by atoms with Crippen LogP contribution in [0.15, 0.2) is 76.4 Å². The summed E-state index contributed by atoms with van der Waals surface area (Å²) in [5, 5.41) is -0.409. The maximum absolute atomic E-state index is 12.6. The molecule has 2 fully saturated rings. The molecule has 2 saturated heterocycles. The highest BCUT2D eigenvalue weighted by atomic mass is 35.5. The normalized spacial score (nSPS) is 27.6. The van der Waals surface area contributed by atoms with Crippen molar-refractivity contribution in [1.82, 2.24) is 9.55 Å². The Morgan fingerprint density at radius 3 is 2.06 bits per heavy atom. The van der Waals surface area contributed by atoms with Crippen LogP contribution in [0.4, 0.5) is 0 Å². The predicted molar refractivity (Wildman–Crippen MR) is 159 cm³/mol. The topological polar surface area (TPSA) is 269 Å². The summed E-state index contributed by atoms with van der Waals surface area (Å²) in [7, 11) is -22.8. The lowest BCUT2D eigenvalue weighted by atomic mass is 10.1. The van der Waals surface area contributed by atoms with Crippen LogP contribution in [0, 0.1) is 0 Å². The minimum Gasteiger partial charge on any atom is -0.346 e. The lowest BCUT2D eigenvalue weighted by Gasteiger charge is -2.22. The quantitative estimate of drug-likeness (QED) is 0.156. The molecule has 5 N–H and O–H groups in total. The fraction of sp³-hybridized carbons (Fsp3) is 0.304. The molecule has 0 bridgehead atoms. The highest BCUT2D eigenvalue weighted by molar-refractivity contribution is 7.73. The average molecular weight is 761 g/mol. The molecule has 47 heavy (non-hydrogen) atoms. The van der Waals surface area contributed by atoms with Gasteiger partial charge in [-0.05, 0) is 29.8 Å². The van der Waals surface area contributed by atoms with E-state index in [1.54, 1.807) is 18.2 Å². The van der Waals surface area contributed by atoms with E-state index < -0.39 is 85.1 Å². The van der Waals surface area contributed by atoms with Crippen LogP contribution in [0.25, 0.3) is 0 Å². The van der Waals surface area contributed by atoms with E-state index in [2.05, 4.69) is 17.9 Å². The van der Waals surface area contributed by atoms with Crippen molar-refractivity contribution in [2.75, 3.05) is 6.61 Å². The molecule has 3 aromatic rings. The van der Waals surface area contributed by atoms with Crippen molar-refractivity contribution in [3.8, 4) is 0 Å². The Balaban J connectivity index is 1.26. The van der Waals surface area contributed by atoms with E-state index in [1.165, 1.54) is 0 Å². The highest BCUT2D eigenvalue weighted by Gasteiger charge is 2.54. The number of phosphoric acid groups is 3. The van der Waals surface area contributed by atoms with Crippen LogP contribution in [-0.4, -0.2) is 60.3 Å². The molecule has 6 unspecified atom stereocenters. The second-order valence-corrected chi connectivity index (χ2v) is 16.9. The van der Waals surface area contributed by atoms with Gasteiger partial charge in [-0.1, -0.05) is 41.9 Å². The van der Waals surface area contributed by atoms with Crippen LogP contribution in [0.5, 0.6) is 0 Å². The van der Waals surface area contributed by atoms with E-state index in [4.69, 9.17) is 30.3 Å². The van der Waals surface area contributed by atoms with Crippen molar-refractivity contribution in [2.45, 2.75) is 37.3 Å². The molecule has 2 aliphatic rings. The Labute approximate surface area is 268 Å². The minimum absolute atomic E-state index is 0.141. The number of halogens is 1. The smallest absolute Gasteiger partial charge is 0.346 e. The Bertz CT molecular complexity index is 1910. The average Bonchev–Trinajstić information content (AvgIpc) is 3.50. The largest absolute Gasteiger partial charge is 0.490 e. The minimum atomic E-state index is -6.03. The third kappa shape index (κ3) is 9.32. The maximum Gasteiger partial charge on any atom is 0.490 e.